The minimum absolute atomic E-state index is 0.241. The number of benzene rings is 1. The maximum atomic E-state index is 12.8. The summed E-state index contributed by atoms with van der Waals surface area (Å²) in [7, 11) is 0. The molecule has 1 aromatic carbocycles. The van der Waals surface area contributed by atoms with Crippen LogP contribution < -0.4 is 0 Å². The Balaban J connectivity index is 1.90. The van der Waals surface area contributed by atoms with Crippen molar-refractivity contribution in [3.8, 4) is 5.69 Å². The molecule has 6 nitrogen and oxygen atoms in total. The SMILES string of the molecule is Cc1cn(-c2ccccc2Cl)nc1C(=O)N1CCC(C(=O)O)C1C. The number of carbonyl (C=O) groups excluding carboxylic acids is 1. The van der Waals surface area contributed by atoms with E-state index in [1.54, 1.807) is 28.8 Å². The van der Waals surface area contributed by atoms with Gasteiger partial charge in [0.15, 0.2) is 5.69 Å². The van der Waals surface area contributed by atoms with Crippen LogP contribution in [0.25, 0.3) is 5.69 Å². The van der Waals surface area contributed by atoms with Gasteiger partial charge in [-0.25, -0.2) is 4.68 Å². The lowest BCUT2D eigenvalue weighted by molar-refractivity contribution is -0.142. The first kappa shape index (κ1) is 16.5. The van der Waals surface area contributed by atoms with Crippen molar-refractivity contribution in [1.82, 2.24) is 14.7 Å². The summed E-state index contributed by atoms with van der Waals surface area (Å²) in [5.41, 5.74) is 1.75. The number of para-hydroxylation sites is 1. The Labute approximate surface area is 144 Å². The summed E-state index contributed by atoms with van der Waals surface area (Å²) < 4.78 is 1.58. The van der Waals surface area contributed by atoms with E-state index in [0.29, 0.717) is 29.4 Å². The second-order valence-corrected chi connectivity index (χ2v) is 6.44. The molecule has 1 aliphatic heterocycles. The van der Waals surface area contributed by atoms with Crippen LogP contribution in [-0.4, -0.2) is 44.3 Å². The Morgan fingerprint density at radius 3 is 2.67 bits per heavy atom. The molecule has 1 saturated heterocycles. The third-order valence-corrected chi connectivity index (χ3v) is 4.85. The van der Waals surface area contributed by atoms with Gasteiger partial charge in [-0.05, 0) is 32.4 Å². The second-order valence-electron chi connectivity index (χ2n) is 6.03. The quantitative estimate of drug-likeness (QED) is 0.926. The van der Waals surface area contributed by atoms with Crippen LogP contribution in [0.3, 0.4) is 0 Å². The van der Waals surface area contributed by atoms with Gasteiger partial charge in [-0.15, -0.1) is 0 Å². The van der Waals surface area contributed by atoms with Crippen LogP contribution in [0.15, 0.2) is 30.5 Å². The van der Waals surface area contributed by atoms with Gasteiger partial charge in [0.2, 0.25) is 0 Å². The number of halogens is 1. The number of aliphatic carboxylic acids is 1. The molecule has 3 rings (SSSR count). The predicted molar refractivity (Wildman–Crippen MR) is 89.6 cm³/mol. The zero-order valence-electron chi connectivity index (χ0n) is 13.4. The van der Waals surface area contributed by atoms with Crippen molar-refractivity contribution >= 4 is 23.5 Å². The van der Waals surface area contributed by atoms with Crippen LogP contribution in [0.5, 0.6) is 0 Å². The lowest BCUT2D eigenvalue weighted by Crippen LogP contribution is -2.38. The molecule has 2 atom stereocenters. The minimum atomic E-state index is -0.865. The molecule has 1 fully saturated rings. The molecule has 7 heteroatoms. The largest absolute Gasteiger partial charge is 0.481 e. The average Bonchev–Trinajstić information content (AvgIpc) is 3.10. The number of carbonyl (C=O) groups is 2. The summed E-state index contributed by atoms with van der Waals surface area (Å²) in [5, 5.41) is 14.1. The number of likely N-dealkylation sites (tertiary alicyclic amines) is 1. The van der Waals surface area contributed by atoms with Gasteiger partial charge in [-0.1, -0.05) is 23.7 Å². The van der Waals surface area contributed by atoms with Crippen LogP contribution in [0.2, 0.25) is 5.02 Å². The highest BCUT2D eigenvalue weighted by molar-refractivity contribution is 6.32. The first-order valence-corrected chi connectivity index (χ1v) is 8.13. The molecular weight excluding hydrogens is 330 g/mol. The van der Waals surface area contributed by atoms with Crippen molar-refractivity contribution in [3.63, 3.8) is 0 Å². The Morgan fingerprint density at radius 2 is 2.04 bits per heavy atom. The summed E-state index contributed by atoms with van der Waals surface area (Å²) in [6.07, 6.45) is 2.22. The van der Waals surface area contributed by atoms with Crippen LogP contribution in [0.1, 0.15) is 29.4 Å². The first-order valence-electron chi connectivity index (χ1n) is 7.75. The third kappa shape index (κ3) is 2.78. The Morgan fingerprint density at radius 1 is 1.33 bits per heavy atom. The predicted octanol–water partition coefficient (Wildman–Crippen LogP) is 2.77. The lowest BCUT2D eigenvalue weighted by Gasteiger charge is -2.22. The molecule has 126 valence electrons. The number of aromatic nitrogens is 2. The molecule has 1 aliphatic rings. The van der Waals surface area contributed by atoms with E-state index in [-0.39, 0.29) is 11.9 Å². The maximum absolute atomic E-state index is 12.8. The van der Waals surface area contributed by atoms with E-state index in [0.717, 1.165) is 5.56 Å². The van der Waals surface area contributed by atoms with Crippen LogP contribution in [0, 0.1) is 12.8 Å². The fourth-order valence-corrected chi connectivity index (χ4v) is 3.35. The Hall–Kier alpha value is -2.34. The molecule has 2 heterocycles. The topological polar surface area (TPSA) is 75.4 Å². The molecule has 1 amide bonds. The zero-order chi connectivity index (χ0) is 17.4. The molecule has 1 aromatic heterocycles. The number of amides is 1. The van der Waals surface area contributed by atoms with Crippen molar-refractivity contribution < 1.29 is 14.7 Å². The molecule has 24 heavy (non-hydrogen) atoms. The number of carboxylic acid groups (broad SMARTS) is 1. The minimum Gasteiger partial charge on any atom is -0.481 e. The van der Waals surface area contributed by atoms with Crippen molar-refractivity contribution in [2.45, 2.75) is 26.3 Å². The Bertz CT molecular complexity index is 802. The second kappa shape index (κ2) is 6.28. The standard InChI is InChI=1S/C17H18ClN3O3/c1-10-9-21(14-6-4-3-5-13(14)18)19-15(10)16(22)20-8-7-12(11(20)2)17(23)24/h3-6,9,11-12H,7-8H2,1-2H3,(H,23,24). The van der Waals surface area contributed by atoms with E-state index >= 15 is 0 Å². The van der Waals surface area contributed by atoms with Crippen LogP contribution in [-0.2, 0) is 4.79 Å². The van der Waals surface area contributed by atoms with Gasteiger partial charge < -0.3 is 10.0 Å². The molecule has 0 radical (unpaired) electrons. The number of hydrogen-bond donors (Lipinski definition) is 1. The zero-order valence-corrected chi connectivity index (χ0v) is 14.2. The normalized spacial score (nSPS) is 20.4. The highest BCUT2D eigenvalue weighted by Crippen LogP contribution is 2.27. The average molecular weight is 348 g/mol. The smallest absolute Gasteiger partial charge is 0.308 e. The number of rotatable bonds is 3. The van der Waals surface area contributed by atoms with Gasteiger partial charge in [-0.3, -0.25) is 9.59 Å². The van der Waals surface area contributed by atoms with Crippen molar-refractivity contribution in [1.29, 1.82) is 0 Å². The van der Waals surface area contributed by atoms with E-state index in [1.165, 1.54) is 0 Å². The van der Waals surface area contributed by atoms with E-state index in [2.05, 4.69) is 5.10 Å². The highest BCUT2D eigenvalue weighted by Gasteiger charge is 2.39. The van der Waals surface area contributed by atoms with Gasteiger partial charge in [0.25, 0.3) is 5.91 Å². The van der Waals surface area contributed by atoms with Crippen molar-refractivity contribution in [2.75, 3.05) is 6.54 Å². The van der Waals surface area contributed by atoms with Gasteiger partial charge in [0.1, 0.15) is 0 Å². The van der Waals surface area contributed by atoms with E-state index in [1.807, 2.05) is 25.1 Å². The fraction of sp³-hybridized carbons (Fsp3) is 0.353. The van der Waals surface area contributed by atoms with E-state index in [9.17, 15) is 14.7 Å². The van der Waals surface area contributed by atoms with E-state index in [4.69, 9.17) is 11.6 Å². The van der Waals surface area contributed by atoms with Gasteiger partial charge >= 0.3 is 5.97 Å². The molecule has 0 bridgehead atoms. The highest BCUT2D eigenvalue weighted by atomic mass is 35.5. The summed E-state index contributed by atoms with van der Waals surface area (Å²) >= 11 is 6.18. The summed E-state index contributed by atoms with van der Waals surface area (Å²) in [4.78, 5) is 25.6. The summed E-state index contributed by atoms with van der Waals surface area (Å²) in [6, 6.07) is 6.91. The van der Waals surface area contributed by atoms with E-state index < -0.39 is 11.9 Å². The number of hydrogen-bond acceptors (Lipinski definition) is 3. The van der Waals surface area contributed by atoms with Crippen LogP contribution in [0.4, 0.5) is 0 Å². The van der Waals surface area contributed by atoms with Crippen LogP contribution >= 0.6 is 11.6 Å². The maximum Gasteiger partial charge on any atom is 0.308 e. The third-order valence-electron chi connectivity index (χ3n) is 4.53. The van der Waals surface area contributed by atoms with Gasteiger partial charge in [-0.2, -0.15) is 5.10 Å². The molecular formula is C17H18ClN3O3. The fourth-order valence-electron chi connectivity index (χ4n) is 3.12. The number of carboxylic acids is 1. The number of aryl methyl sites for hydroxylation is 1. The molecule has 0 saturated carbocycles. The molecule has 2 aromatic rings. The van der Waals surface area contributed by atoms with Crippen molar-refractivity contribution in [2.24, 2.45) is 5.92 Å². The van der Waals surface area contributed by atoms with Gasteiger partial charge in [0.05, 0.1) is 16.6 Å². The first-order chi connectivity index (χ1) is 11.4. The molecule has 0 spiro atoms. The molecule has 0 aliphatic carbocycles. The number of nitrogens with zero attached hydrogens (tertiary/aromatic N) is 3. The summed E-state index contributed by atoms with van der Waals surface area (Å²) in [5.74, 6) is -1.63. The van der Waals surface area contributed by atoms with Crippen molar-refractivity contribution in [3.05, 3.63) is 46.7 Å². The van der Waals surface area contributed by atoms with Gasteiger partial charge in [0, 0.05) is 24.3 Å². The Kier molecular flexibility index (Phi) is 4.32. The monoisotopic (exact) mass is 347 g/mol. The molecule has 2 unspecified atom stereocenters. The summed E-state index contributed by atoms with van der Waals surface area (Å²) in [6.45, 7) is 4.00. The lowest BCUT2D eigenvalue weighted by atomic mass is 10.0. The molecule has 1 N–H and O–H groups in total.